The van der Waals surface area contributed by atoms with Crippen molar-refractivity contribution < 1.29 is 23.8 Å². The van der Waals surface area contributed by atoms with Crippen LogP contribution in [-0.4, -0.2) is 42.9 Å². The third kappa shape index (κ3) is 5.41. The van der Waals surface area contributed by atoms with Crippen LogP contribution in [0.15, 0.2) is 0 Å². The molecule has 1 heterocycles. The number of hydrogen-bond acceptors (Lipinski definition) is 6. The zero-order valence-electron chi connectivity index (χ0n) is 10.1. The number of carbonyl (C=O) groups is 2. The Hall–Kier alpha value is -0.750. The van der Waals surface area contributed by atoms with Gasteiger partial charge in [0.05, 0.1) is 13.5 Å². The van der Waals surface area contributed by atoms with Crippen molar-refractivity contribution >= 4 is 23.7 Å². The predicted molar refractivity (Wildman–Crippen MR) is 63.6 cm³/mol. The monoisotopic (exact) mass is 262 g/mol. The first kappa shape index (κ1) is 14.3. The molecule has 1 fully saturated rings. The molecule has 1 saturated heterocycles. The van der Waals surface area contributed by atoms with E-state index in [0.717, 1.165) is 12.8 Å². The molecule has 0 bridgehead atoms. The molecule has 5 nitrogen and oxygen atoms in total. The summed E-state index contributed by atoms with van der Waals surface area (Å²) in [7, 11) is 1.37. The molecule has 0 aromatic heterocycles. The number of methoxy groups -OCH3 is 1. The summed E-state index contributed by atoms with van der Waals surface area (Å²) < 4.78 is 15.3. The number of thioether (sulfide) groups is 1. The van der Waals surface area contributed by atoms with Crippen LogP contribution in [0.1, 0.15) is 26.2 Å². The Morgan fingerprint density at radius 2 is 2.24 bits per heavy atom. The van der Waals surface area contributed by atoms with Crippen molar-refractivity contribution in [3.63, 3.8) is 0 Å². The van der Waals surface area contributed by atoms with Crippen molar-refractivity contribution in [3.05, 3.63) is 0 Å². The number of ether oxygens (including phenoxy) is 3. The number of rotatable bonds is 5. The van der Waals surface area contributed by atoms with Crippen molar-refractivity contribution in [2.24, 2.45) is 0 Å². The number of esters is 2. The second kappa shape index (κ2) is 7.55. The van der Waals surface area contributed by atoms with Gasteiger partial charge in [-0.25, -0.2) is 0 Å². The van der Waals surface area contributed by atoms with Gasteiger partial charge >= 0.3 is 11.9 Å². The van der Waals surface area contributed by atoms with E-state index < -0.39 is 0 Å². The molecule has 98 valence electrons. The maximum Gasteiger partial charge on any atom is 0.306 e. The fraction of sp³-hybridized carbons (Fsp3) is 0.818. The highest BCUT2D eigenvalue weighted by Gasteiger charge is 2.28. The lowest BCUT2D eigenvalue weighted by atomic mass is 10.2. The average molecular weight is 262 g/mol. The van der Waals surface area contributed by atoms with E-state index in [2.05, 4.69) is 4.74 Å². The number of hydrogen-bond donors (Lipinski definition) is 0. The summed E-state index contributed by atoms with van der Waals surface area (Å²) in [5.41, 5.74) is -0.169. The molecule has 0 unspecified atom stereocenters. The zero-order valence-corrected chi connectivity index (χ0v) is 11.0. The van der Waals surface area contributed by atoms with Crippen LogP contribution in [0.2, 0.25) is 0 Å². The Labute approximate surface area is 105 Å². The molecule has 0 N–H and O–H groups in total. The van der Waals surface area contributed by atoms with Crippen molar-refractivity contribution in [1.82, 2.24) is 0 Å². The second-order valence-electron chi connectivity index (χ2n) is 3.73. The lowest BCUT2D eigenvalue weighted by Crippen LogP contribution is -2.35. The van der Waals surface area contributed by atoms with Gasteiger partial charge in [-0.15, -0.1) is 11.8 Å². The molecule has 0 saturated carbocycles. The van der Waals surface area contributed by atoms with E-state index in [0.29, 0.717) is 18.8 Å². The minimum Gasteiger partial charge on any atom is -0.469 e. The summed E-state index contributed by atoms with van der Waals surface area (Å²) in [5, 5.41) is 0. The smallest absolute Gasteiger partial charge is 0.306 e. The molecule has 1 aliphatic heterocycles. The lowest BCUT2D eigenvalue weighted by Gasteiger charge is -2.30. The molecule has 0 aromatic carbocycles. The van der Waals surface area contributed by atoms with Gasteiger partial charge < -0.3 is 14.2 Å². The molecule has 2 atom stereocenters. The second-order valence-corrected chi connectivity index (χ2v) is 4.93. The molecule has 0 aromatic rings. The van der Waals surface area contributed by atoms with Crippen molar-refractivity contribution in [3.8, 4) is 0 Å². The fourth-order valence-corrected chi connectivity index (χ4v) is 2.69. The van der Waals surface area contributed by atoms with Crippen LogP contribution in [0.5, 0.6) is 0 Å². The zero-order chi connectivity index (χ0) is 12.7. The molecular formula is C11H18O5S. The SMILES string of the molecule is COC(=O)CCS[C@@H]1OCCC[C@@H]1OC(C)=O. The summed E-state index contributed by atoms with van der Waals surface area (Å²) >= 11 is 1.49. The van der Waals surface area contributed by atoms with Crippen LogP contribution in [0.3, 0.4) is 0 Å². The maximum absolute atomic E-state index is 11.0. The molecule has 6 heteroatoms. The van der Waals surface area contributed by atoms with Crippen LogP contribution < -0.4 is 0 Å². The van der Waals surface area contributed by atoms with Gasteiger partial charge in [-0.2, -0.15) is 0 Å². The van der Waals surface area contributed by atoms with Gasteiger partial charge in [0.1, 0.15) is 11.5 Å². The molecular weight excluding hydrogens is 244 g/mol. The van der Waals surface area contributed by atoms with Gasteiger partial charge in [0.25, 0.3) is 0 Å². The van der Waals surface area contributed by atoms with Crippen molar-refractivity contribution in [2.75, 3.05) is 19.5 Å². The molecule has 0 radical (unpaired) electrons. The normalized spacial score (nSPS) is 24.1. The van der Waals surface area contributed by atoms with E-state index >= 15 is 0 Å². The first-order chi connectivity index (χ1) is 8.13. The molecule has 0 aliphatic carbocycles. The molecule has 17 heavy (non-hydrogen) atoms. The van der Waals surface area contributed by atoms with Gasteiger partial charge in [0.2, 0.25) is 0 Å². The van der Waals surface area contributed by atoms with Crippen LogP contribution in [0.25, 0.3) is 0 Å². The van der Waals surface area contributed by atoms with Crippen LogP contribution in [0, 0.1) is 0 Å². The summed E-state index contributed by atoms with van der Waals surface area (Å²) in [5.74, 6) is 0.0752. The summed E-state index contributed by atoms with van der Waals surface area (Å²) in [6.45, 7) is 2.07. The first-order valence-electron chi connectivity index (χ1n) is 5.60. The van der Waals surface area contributed by atoms with E-state index in [-0.39, 0.29) is 23.5 Å². The Kier molecular flexibility index (Phi) is 6.36. The van der Waals surface area contributed by atoms with Gasteiger partial charge in [-0.3, -0.25) is 9.59 Å². The van der Waals surface area contributed by atoms with E-state index in [1.165, 1.54) is 25.8 Å². The summed E-state index contributed by atoms with van der Waals surface area (Å²) in [4.78, 5) is 21.9. The predicted octanol–water partition coefficient (Wildman–Crippen LogP) is 1.35. The van der Waals surface area contributed by atoms with E-state index in [9.17, 15) is 9.59 Å². The summed E-state index contributed by atoms with van der Waals surface area (Å²) in [6, 6.07) is 0. The van der Waals surface area contributed by atoms with Crippen LogP contribution >= 0.6 is 11.8 Å². The van der Waals surface area contributed by atoms with Gasteiger partial charge in [0, 0.05) is 19.3 Å². The summed E-state index contributed by atoms with van der Waals surface area (Å²) in [6.07, 6.45) is 1.85. The molecule has 1 aliphatic rings. The Balaban J connectivity index is 2.32. The Bertz CT molecular complexity index is 269. The Morgan fingerprint density at radius 1 is 1.47 bits per heavy atom. The molecule has 0 amide bonds. The third-order valence-corrected chi connectivity index (χ3v) is 3.56. The minimum absolute atomic E-state index is 0.169. The van der Waals surface area contributed by atoms with Crippen LogP contribution in [0.4, 0.5) is 0 Å². The van der Waals surface area contributed by atoms with Gasteiger partial charge in [0.15, 0.2) is 0 Å². The fourth-order valence-electron chi connectivity index (χ4n) is 1.57. The van der Waals surface area contributed by atoms with Gasteiger partial charge in [-0.05, 0) is 12.8 Å². The lowest BCUT2D eigenvalue weighted by molar-refractivity contribution is -0.154. The van der Waals surface area contributed by atoms with E-state index in [1.54, 1.807) is 0 Å². The van der Waals surface area contributed by atoms with Crippen molar-refractivity contribution in [1.29, 1.82) is 0 Å². The standard InChI is InChI=1S/C11H18O5S/c1-8(12)16-9-4-3-6-15-11(9)17-7-5-10(13)14-2/h9,11H,3-7H2,1-2H3/t9-,11-/m0/s1. The first-order valence-corrected chi connectivity index (χ1v) is 6.65. The minimum atomic E-state index is -0.293. The van der Waals surface area contributed by atoms with Gasteiger partial charge in [-0.1, -0.05) is 0 Å². The van der Waals surface area contributed by atoms with E-state index in [1.807, 2.05) is 0 Å². The van der Waals surface area contributed by atoms with Crippen molar-refractivity contribution in [2.45, 2.75) is 37.7 Å². The highest BCUT2D eigenvalue weighted by molar-refractivity contribution is 7.99. The topological polar surface area (TPSA) is 61.8 Å². The molecule has 1 rings (SSSR count). The maximum atomic E-state index is 11.0. The largest absolute Gasteiger partial charge is 0.469 e. The number of carbonyl (C=O) groups excluding carboxylic acids is 2. The third-order valence-electron chi connectivity index (χ3n) is 2.35. The average Bonchev–Trinajstić information content (AvgIpc) is 2.30. The van der Waals surface area contributed by atoms with Crippen LogP contribution in [-0.2, 0) is 23.8 Å². The Morgan fingerprint density at radius 3 is 2.88 bits per heavy atom. The van der Waals surface area contributed by atoms with E-state index in [4.69, 9.17) is 9.47 Å². The quantitative estimate of drug-likeness (QED) is 0.697. The highest BCUT2D eigenvalue weighted by atomic mass is 32.2. The highest BCUT2D eigenvalue weighted by Crippen LogP contribution is 2.27. The molecule has 0 spiro atoms.